The zero-order valence-electron chi connectivity index (χ0n) is 17.8. The summed E-state index contributed by atoms with van der Waals surface area (Å²) in [6.45, 7) is 0.559. The van der Waals surface area contributed by atoms with Crippen molar-refractivity contribution in [1.82, 2.24) is 15.1 Å². The van der Waals surface area contributed by atoms with Gasteiger partial charge in [0.05, 0.1) is 33.4 Å². The zero-order valence-corrected chi connectivity index (χ0v) is 18.5. The Labute approximate surface area is 197 Å². The second-order valence-electron chi connectivity index (χ2n) is 7.51. The number of benzene rings is 3. The molecule has 0 unspecified atom stereocenters. The van der Waals surface area contributed by atoms with E-state index in [0.717, 1.165) is 22.4 Å². The summed E-state index contributed by atoms with van der Waals surface area (Å²) in [5.41, 5.74) is 0.333. The monoisotopic (exact) mass is 486 g/mol. The lowest BCUT2D eigenvalue weighted by Gasteiger charge is -2.11. The van der Waals surface area contributed by atoms with Gasteiger partial charge in [0.25, 0.3) is 11.5 Å². The maximum atomic E-state index is 13.0. The quantitative estimate of drug-likeness (QED) is 0.415. The Kier molecular flexibility index (Phi) is 6.41. The summed E-state index contributed by atoms with van der Waals surface area (Å²) in [5.74, 6) is -0.445. The molecule has 2 N–H and O–H groups in total. The van der Waals surface area contributed by atoms with Gasteiger partial charge in [-0.3, -0.25) is 9.59 Å². The molecule has 0 fully saturated rings. The molecule has 10 heteroatoms. The van der Waals surface area contributed by atoms with Gasteiger partial charge in [-0.05, 0) is 61.1 Å². The number of carbonyl (C=O) groups excluding carboxylic acids is 1. The molecule has 0 aliphatic heterocycles. The van der Waals surface area contributed by atoms with Crippen LogP contribution in [0.2, 0.25) is 5.02 Å². The minimum Gasteiger partial charge on any atom is -0.322 e. The average Bonchev–Trinajstić information content (AvgIpc) is 2.80. The van der Waals surface area contributed by atoms with E-state index in [0.29, 0.717) is 17.6 Å². The topological polar surface area (TPSA) is 76.0 Å². The molecule has 174 valence electrons. The lowest BCUT2D eigenvalue weighted by molar-refractivity contribution is -0.137. The first-order valence-electron chi connectivity index (χ1n) is 10.1. The molecule has 0 aliphatic carbocycles. The van der Waals surface area contributed by atoms with Crippen molar-refractivity contribution in [3.63, 3.8) is 0 Å². The molecule has 0 saturated heterocycles. The third-order valence-electron chi connectivity index (χ3n) is 5.14. The molecule has 0 saturated carbocycles. The molecule has 0 bridgehead atoms. The first-order chi connectivity index (χ1) is 16.2. The van der Waals surface area contributed by atoms with Crippen LogP contribution in [0.4, 0.5) is 18.9 Å². The molecular formula is C24H18ClF3N4O2. The lowest BCUT2D eigenvalue weighted by Crippen LogP contribution is -2.21. The smallest absolute Gasteiger partial charge is 0.322 e. The highest BCUT2D eigenvalue weighted by molar-refractivity contribution is 6.34. The van der Waals surface area contributed by atoms with E-state index in [1.807, 2.05) is 6.07 Å². The summed E-state index contributed by atoms with van der Waals surface area (Å²) in [6.07, 6.45) is -3.05. The van der Waals surface area contributed by atoms with Crippen LogP contribution in [0.15, 0.2) is 71.7 Å². The third-order valence-corrected chi connectivity index (χ3v) is 5.47. The molecule has 0 atom stereocenters. The van der Waals surface area contributed by atoms with Crippen LogP contribution in [0.1, 0.15) is 21.5 Å². The summed E-state index contributed by atoms with van der Waals surface area (Å²) >= 11 is 6.19. The largest absolute Gasteiger partial charge is 0.416 e. The molecule has 1 heterocycles. The van der Waals surface area contributed by atoms with Crippen molar-refractivity contribution >= 4 is 34.0 Å². The molecule has 0 aliphatic rings. The number of alkyl halides is 3. The van der Waals surface area contributed by atoms with Crippen LogP contribution >= 0.6 is 11.6 Å². The van der Waals surface area contributed by atoms with Gasteiger partial charge in [-0.15, -0.1) is 0 Å². The molecule has 4 aromatic rings. The Balaban J connectivity index is 1.66. The van der Waals surface area contributed by atoms with Gasteiger partial charge in [0.2, 0.25) is 0 Å². The average molecular weight is 487 g/mol. The summed E-state index contributed by atoms with van der Waals surface area (Å²) in [4.78, 5) is 25.8. The second-order valence-corrected chi connectivity index (χ2v) is 7.91. The predicted molar refractivity (Wildman–Crippen MR) is 125 cm³/mol. The molecule has 1 aromatic heterocycles. The Morgan fingerprint density at radius 2 is 1.79 bits per heavy atom. The van der Waals surface area contributed by atoms with Gasteiger partial charge in [-0.1, -0.05) is 23.7 Å². The van der Waals surface area contributed by atoms with Gasteiger partial charge in [0.15, 0.2) is 0 Å². The number of rotatable bonds is 5. The fourth-order valence-electron chi connectivity index (χ4n) is 3.45. The van der Waals surface area contributed by atoms with E-state index in [1.54, 1.807) is 31.3 Å². The summed E-state index contributed by atoms with van der Waals surface area (Å²) < 4.78 is 39.5. The van der Waals surface area contributed by atoms with E-state index in [2.05, 4.69) is 15.7 Å². The molecule has 1 amide bonds. The Hall–Kier alpha value is -3.69. The molecular weight excluding hydrogens is 469 g/mol. The third kappa shape index (κ3) is 4.80. The fraction of sp³-hybridized carbons (Fsp3) is 0.125. The standard InChI is InChI=1S/C24H18ClF3N4O2/c1-29-12-14-2-9-21(25)20(10-14)22(33)31-17-6-3-15-13-30-32(23(34)19(15)11-17)18-7-4-16(5-8-18)24(26,27)28/h2-11,13,29H,12H2,1H3,(H,31,33). The van der Waals surface area contributed by atoms with Crippen LogP contribution in [0.25, 0.3) is 16.5 Å². The Bertz CT molecular complexity index is 1430. The van der Waals surface area contributed by atoms with Crippen LogP contribution in [0.3, 0.4) is 0 Å². The molecule has 4 rings (SSSR count). The van der Waals surface area contributed by atoms with Gasteiger partial charge < -0.3 is 10.6 Å². The van der Waals surface area contributed by atoms with Crippen LogP contribution < -0.4 is 16.2 Å². The van der Waals surface area contributed by atoms with Crippen molar-refractivity contribution in [3.05, 3.63) is 98.9 Å². The van der Waals surface area contributed by atoms with Crippen LogP contribution in [0.5, 0.6) is 0 Å². The first kappa shape index (κ1) is 23.5. The number of hydrogen-bond acceptors (Lipinski definition) is 4. The van der Waals surface area contributed by atoms with E-state index >= 15 is 0 Å². The highest BCUT2D eigenvalue weighted by Gasteiger charge is 2.30. The van der Waals surface area contributed by atoms with E-state index in [9.17, 15) is 22.8 Å². The van der Waals surface area contributed by atoms with E-state index in [4.69, 9.17) is 11.6 Å². The number of anilines is 1. The number of aromatic nitrogens is 2. The summed E-state index contributed by atoms with van der Waals surface area (Å²) in [7, 11) is 1.79. The normalized spacial score (nSPS) is 11.6. The molecule has 0 radical (unpaired) electrons. The van der Waals surface area contributed by atoms with Crippen LogP contribution in [-0.4, -0.2) is 22.7 Å². The van der Waals surface area contributed by atoms with Crippen LogP contribution in [0, 0.1) is 0 Å². The minimum atomic E-state index is -4.48. The van der Waals surface area contributed by atoms with E-state index < -0.39 is 23.2 Å². The molecule has 6 nitrogen and oxygen atoms in total. The van der Waals surface area contributed by atoms with Crippen molar-refractivity contribution in [2.75, 3.05) is 12.4 Å². The second kappa shape index (κ2) is 9.28. The maximum absolute atomic E-state index is 13.0. The van der Waals surface area contributed by atoms with Gasteiger partial charge in [0, 0.05) is 17.6 Å². The molecule has 0 spiro atoms. The van der Waals surface area contributed by atoms with Gasteiger partial charge in [0.1, 0.15) is 0 Å². The van der Waals surface area contributed by atoms with Crippen molar-refractivity contribution < 1.29 is 18.0 Å². The predicted octanol–water partition coefficient (Wildman–Crippen LogP) is 5.03. The zero-order chi connectivity index (χ0) is 24.5. The van der Waals surface area contributed by atoms with Gasteiger partial charge in [-0.25, -0.2) is 0 Å². The molecule has 34 heavy (non-hydrogen) atoms. The number of nitrogens with zero attached hydrogens (tertiary/aromatic N) is 2. The Morgan fingerprint density at radius 3 is 2.47 bits per heavy atom. The van der Waals surface area contributed by atoms with Gasteiger partial charge in [-0.2, -0.15) is 23.0 Å². The van der Waals surface area contributed by atoms with Crippen molar-refractivity contribution in [2.45, 2.75) is 12.7 Å². The number of fused-ring (bicyclic) bond motifs is 1. The first-order valence-corrected chi connectivity index (χ1v) is 10.5. The maximum Gasteiger partial charge on any atom is 0.416 e. The Morgan fingerprint density at radius 1 is 1.06 bits per heavy atom. The highest BCUT2D eigenvalue weighted by atomic mass is 35.5. The van der Waals surface area contributed by atoms with Crippen molar-refractivity contribution in [3.8, 4) is 5.69 Å². The van der Waals surface area contributed by atoms with Gasteiger partial charge >= 0.3 is 6.18 Å². The number of carbonyl (C=O) groups is 1. The summed E-state index contributed by atoms with van der Waals surface area (Å²) in [5, 5.41) is 10.8. The summed E-state index contributed by atoms with van der Waals surface area (Å²) in [6, 6.07) is 14.0. The van der Waals surface area contributed by atoms with E-state index in [1.165, 1.54) is 24.4 Å². The van der Waals surface area contributed by atoms with Crippen LogP contribution in [-0.2, 0) is 12.7 Å². The number of nitrogens with one attached hydrogen (secondary N) is 2. The lowest BCUT2D eigenvalue weighted by atomic mass is 10.1. The fourth-order valence-corrected chi connectivity index (χ4v) is 3.66. The highest BCUT2D eigenvalue weighted by Crippen LogP contribution is 2.29. The number of halogens is 4. The minimum absolute atomic E-state index is 0.183. The van der Waals surface area contributed by atoms with Crippen molar-refractivity contribution in [1.29, 1.82) is 0 Å². The molecule has 3 aromatic carbocycles. The SMILES string of the molecule is CNCc1ccc(Cl)c(C(=O)Nc2ccc3cnn(-c4ccc(C(F)(F)F)cc4)c(=O)c3c2)c1. The van der Waals surface area contributed by atoms with Crippen molar-refractivity contribution in [2.24, 2.45) is 0 Å². The van der Waals surface area contributed by atoms with E-state index in [-0.39, 0.29) is 21.7 Å². The number of amides is 1. The number of hydrogen-bond donors (Lipinski definition) is 2.